The summed E-state index contributed by atoms with van der Waals surface area (Å²) in [5, 5.41) is 3.03. The molecule has 20 heavy (non-hydrogen) atoms. The number of carbonyl (C=O) groups excluding carboxylic acids is 2. The Kier molecular flexibility index (Phi) is 7.30. The van der Waals surface area contributed by atoms with Crippen LogP contribution in [0.5, 0.6) is 0 Å². The monoisotopic (exact) mass is 306 g/mol. The molecule has 0 spiro atoms. The van der Waals surface area contributed by atoms with Crippen molar-refractivity contribution in [2.45, 2.75) is 39.2 Å². The molecule has 1 fully saturated rings. The Morgan fingerprint density at radius 2 is 2.05 bits per heavy atom. The maximum atomic E-state index is 12.3. The second kappa shape index (κ2) is 7.69. The predicted octanol–water partition coefficient (Wildman–Crippen LogP) is 0.689. The Balaban J connectivity index is 0.00000361. The third kappa shape index (κ3) is 4.52. The topological polar surface area (TPSA) is 101 Å². The number of nitrogens with two attached hydrogens (primary N) is 2. The molecule has 0 bridgehead atoms. The zero-order valence-electron chi connectivity index (χ0n) is 12.5. The van der Waals surface area contributed by atoms with Crippen molar-refractivity contribution < 1.29 is 9.59 Å². The van der Waals surface area contributed by atoms with Gasteiger partial charge >= 0.3 is 6.03 Å². The minimum atomic E-state index is -0.456. The van der Waals surface area contributed by atoms with Gasteiger partial charge in [0.1, 0.15) is 0 Å². The first-order valence-corrected chi connectivity index (χ1v) is 6.86. The van der Waals surface area contributed by atoms with Crippen molar-refractivity contribution in [2.75, 3.05) is 19.6 Å². The number of nitrogens with one attached hydrogen (secondary N) is 1. The van der Waals surface area contributed by atoms with Crippen LogP contribution in [0.4, 0.5) is 4.79 Å². The Morgan fingerprint density at radius 3 is 2.50 bits per heavy atom. The van der Waals surface area contributed by atoms with E-state index in [9.17, 15) is 9.59 Å². The number of amides is 3. The first-order chi connectivity index (χ1) is 8.80. The molecule has 0 aromatic carbocycles. The van der Waals surface area contributed by atoms with E-state index in [-0.39, 0.29) is 30.2 Å². The maximum absolute atomic E-state index is 12.3. The summed E-state index contributed by atoms with van der Waals surface area (Å²) in [6.07, 6.45) is 1.59. The molecule has 0 aliphatic carbocycles. The molecular weight excluding hydrogens is 280 g/mol. The standard InChI is InChI=1S/C13H26N4O2.ClH/c1-9(2)13(3,8-14)16-11(18)10-5-4-6-17(7-10)12(15)19;/h9-10H,4-8,14H2,1-3H3,(H2,15,19)(H,16,18);1H. The predicted molar refractivity (Wildman–Crippen MR) is 81.6 cm³/mol. The van der Waals surface area contributed by atoms with E-state index >= 15 is 0 Å². The fourth-order valence-corrected chi connectivity index (χ4v) is 2.21. The number of nitrogens with zero attached hydrogens (tertiary/aromatic N) is 1. The molecule has 1 saturated heterocycles. The fourth-order valence-electron chi connectivity index (χ4n) is 2.21. The molecule has 118 valence electrons. The van der Waals surface area contributed by atoms with Gasteiger partial charge in [-0.15, -0.1) is 12.4 Å². The van der Waals surface area contributed by atoms with Crippen LogP contribution in [0.2, 0.25) is 0 Å². The van der Waals surface area contributed by atoms with Crippen LogP contribution in [0, 0.1) is 11.8 Å². The Morgan fingerprint density at radius 1 is 1.45 bits per heavy atom. The number of hydrogen-bond acceptors (Lipinski definition) is 3. The third-order valence-electron chi connectivity index (χ3n) is 4.21. The molecule has 1 heterocycles. The molecule has 0 aromatic rings. The molecule has 0 saturated carbocycles. The highest BCUT2D eigenvalue weighted by molar-refractivity contribution is 5.85. The normalized spacial score (nSPS) is 21.9. The van der Waals surface area contributed by atoms with Crippen molar-refractivity contribution in [2.24, 2.45) is 23.3 Å². The highest BCUT2D eigenvalue weighted by atomic mass is 35.5. The van der Waals surface area contributed by atoms with Crippen molar-refractivity contribution in [3.05, 3.63) is 0 Å². The molecule has 6 nitrogen and oxygen atoms in total. The van der Waals surface area contributed by atoms with Crippen LogP contribution in [0.15, 0.2) is 0 Å². The molecular formula is C13H27ClN4O2. The van der Waals surface area contributed by atoms with E-state index in [1.807, 2.05) is 20.8 Å². The van der Waals surface area contributed by atoms with E-state index in [4.69, 9.17) is 11.5 Å². The largest absolute Gasteiger partial charge is 0.351 e. The van der Waals surface area contributed by atoms with Crippen LogP contribution >= 0.6 is 12.4 Å². The van der Waals surface area contributed by atoms with Gasteiger partial charge in [-0.05, 0) is 25.7 Å². The lowest BCUT2D eigenvalue weighted by Crippen LogP contribution is -2.58. The maximum Gasteiger partial charge on any atom is 0.314 e. The van der Waals surface area contributed by atoms with Crippen LogP contribution < -0.4 is 16.8 Å². The summed E-state index contributed by atoms with van der Waals surface area (Å²) in [5.41, 5.74) is 10.6. The molecule has 7 heteroatoms. The van der Waals surface area contributed by atoms with Gasteiger partial charge in [-0.3, -0.25) is 4.79 Å². The summed E-state index contributed by atoms with van der Waals surface area (Å²) in [4.78, 5) is 25.0. The highest BCUT2D eigenvalue weighted by Crippen LogP contribution is 2.20. The molecule has 1 rings (SSSR count). The van der Waals surface area contributed by atoms with E-state index < -0.39 is 11.6 Å². The van der Waals surface area contributed by atoms with E-state index in [1.165, 1.54) is 4.90 Å². The van der Waals surface area contributed by atoms with Crippen molar-refractivity contribution in [1.29, 1.82) is 0 Å². The Labute approximate surface area is 127 Å². The van der Waals surface area contributed by atoms with Crippen molar-refractivity contribution in [3.63, 3.8) is 0 Å². The average Bonchev–Trinajstić information content (AvgIpc) is 2.38. The Hall–Kier alpha value is -1.01. The average molecular weight is 307 g/mol. The first kappa shape index (κ1) is 19.0. The fraction of sp³-hybridized carbons (Fsp3) is 0.846. The van der Waals surface area contributed by atoms with Gasteiger partial charge in [0.2, 0.25) is 5.91 Å². The second-order valence-corrected chi connectivity index (χ2v) is 5.89. The van der Waals surface area contributed by atoms with Gasteiger partial charge in [0.25, 0.3) is 0 Å². The van der Waals surface area contributed by atoms with Gasteiger partial charge in [-0.2, -0.15) is 0 Å². The quantitative estimate of drug-likeness (QED) is 0.712. The number of primary amides is 1. The van der Waals surface area contributed by atoms with Gasteiger partial charge in [0.15, 0.2) is 0 Å². The minimum Gasteiger partial charge on any atom is -0.351 e. The van der Waals surface area contributed by atoms with E-state index in [2.05, 4.69) is 5.32 Å². The molecule has 5 N–H and O–H groups in total. The number of hydrogen-bond donors (Lipinski definition) is 3. The number of rotatable bonds is 4. The van der Waals surface area contributed by atoms with E-state index in [0.29, 0.717) is 19.6 Å². The van der Waals surface area contributed by atoms with Crippen LogP contribution in [-0.2, 0) is 4.79 Å². The zero-order valence-corrected chi connectivity index (χ0v) is 13.3. The molecule has 2 unspecified atom stereocenters. The SMILES string of the molecule is CC(C)C(C)(CN)NC(=O)C1CCCN(C(N)=O)C1.Cl. The van der Waals surface area contributed by atoms with Gasteiger partial charge in [0.05, 0.1) is 11.5 Å². The molecule has 1 aliphatic rings. The molecule has 0 radical (unpaired) electrons. The van der Waals surface area contributed by atoms with Gasteiger partial charge in [0, 0.05) is 19.6 Å². The summed E-state index contributed by atoms with van der Waals surface area (Å²) < 4.78 is 0. The lowest BCUT2D eigenvalue weighted by molar-refractivity contribution is -0.128. The number of likely N-dealkylation sites (tertiary alicyclic amines) is 1. The van der Waals surface area contributed by atoms with Crippen LogP contribution in [0.3, 0.4) is 0 Å². The molecule has 0 aromatic heterocycles. The summed E-state index contributed by atoms with van der Waals surface area (Å²) in [6, 6.07) is -0.456. The van der Waals surface area contributed by atoms with E-state index in [1.54, 1.807) is 0 Å². The van der Waals surface area contributed by atoms with Crippen LogP contribution in [0.1, 0.15) is 33.6 Å². The zero-order chi connectivity index (χ0) is 14.6. The van der Waals surface area contributed by atoms with Crippen LogP contribution in [0.25, 0.3) is 0 Å². The second-order valence-electron chi connectivity index (χ2n) is 5.89. The highest BCUT2D eigenvalue weighted by Gasteiger charge is 2.33. The molecule has 3 amide bonds. The minimum absolute atomic E-state index is 0. The summed E-state index contributed by atoms with van der Waals surface area (Å²) in [7, 11) is 0. The van der Waals surface area contributed by atoms with Crippen molar-refractivity contribution in [3.8, 4) is 0 Å². The molecule has 2 atom stereocenters. The van der Waals surface area contributed by atoms with E-state index in [0.717, 1.165) is 12.8 Å². The van der Waals surface area contributed by atoms with Crippen molar-refractivity contribution in [1.82, 2.24) is 10.2 Å². The van der Waals surface area contributed by atoms with Gasteiger partial charge < -0.3 is 21.7 Å². The summed E-state index contributed by atoms with van der Waals surface area (Å²) >= 11 is 0. The number of halogens is 1. The number of carbonyl (C=O) groups is 2. The number of piperidine rings is 1. The molecule has 1 aliphatic heterocycles. The third-order valence-corrected chi connectivity index (χ3v) is 4.21. The lowest BCUT2D eigenvalue weighted by atomic mass is 9.87. The van der Waals surface area contributed by atoms with Gasteiger partial charge in [-0.1, -0.05) is 13.8 Å². The number of urea groups is 1. The Bertz CT molecular complexity index is 351. The first-order valence-electron chi connectivity index (χ1n) is 6.86. The van der Waals surface area contributed by atoms with Gasteiger partial charge in [-0.25, -0.2) is 4.79 Å². The van der Waals surface area contributed by atoms with Crippen molar-refractivity contribution >= 4 is 24.3 Å². The smallest absolute Gasteiger partial charge is 0.314 e. The van der Waals surface area contributed by atoms with Crippen LogP contribution in [-0.4, -0.2) is 42.0 Å². The lowest BCUT2D eigenvalue weighted by Gasteiger charge is -2.37. The summed E-state index contributed by atoms with van der Waals surface area (Å²) in [6.45, 7) is 7.44. The summed E-state index contributed by atoms with van der Waals surface area (Å²) in [5.74, 6) is 0.0239.